The van der Waals surface area contributed by atoms with E-state index >= 15 is 0 Å². The van der Waals surface area contributed by atoms with Crippen LogP contribution in [0.3, 0.4) is 0 Å². The highest BCUT2D eigenvalue weighted by atomic mass is 16.6. The Balaban J connectivity index is 2.66. The zero-order chi connectivity index (χ0) is 15.7. The summed E-state index contributed by atoms with van der Waals surface area (Å²) in [5, 5.41) is 14.3. The van der Waals surface area contributed by atoms with Gasteiger partial charge in [-0.05, 0) is 26.1 Å². The maximum Gasteiger partial charge on any atom is 0.333 e. The first-order chi connectivity index (χ1) is 10.1. The summed E-state index contributed by atoms with van der Waals surface area (Å²) in [5.74, 6) is 0.292. The van der Waals surface area contributed by atoms with Gasteiger partial charge in [-0.1, -0.05) is 6.07 Å². The molecule has 0 saturated heterocycles. The normalized spacial score (nSPS) is 10.7. The van der Waals surface area contributed by atoms with Gasteiger partial charge >= 0.3 is 5.69 Å². The lowest BCUT2D eigenvalue weighted by Crippen LogP contribution is -2.28. The van der Waals surface area contributed by atoms with Gasteiger partial charge in [0, 0.05) is 26.7 Å². The average Bonchev–Trinajstić information content (AvgIpc) is 2.45. The van der Waals surface area contributed by atoms with Crippen molar-refractivity contribution in [2.75, 3.05) is 52.3 Å². The molecule has 0 bridgehead atoms. The number of methoxy groups -OCH3 is 1. The van der Waals surface area contributed by atoms with Gasteiger partial charge in [0.1, 0.15) is 5.69 Å². The molecular formula is C14H23N3O4. The van der Waals surface area contributed by atoms with Crippen LogP contribution in [0.2, 0.25) is 0 Å². The van der Waals surface area contributed by atoms with Gasteiger partial charge in [-0.3, -0.25) is 10.1 Å². The summed E-state index contributed by atoms with van der Waals surface area (Å²) in [5.41, 5.74) is 0.463. The lowest BCUT2D eigenvalue weighted by molar-refractivity contribution is -0.384. The lowest BCUT2D eigenvalue weighted by Gasteiger charge is -2.17. The smallest absolute Gasteiger partial charge is 0.333 e. The van der Waals surface area contributed by atoms with Crippen LogP contribution >= 0.6 is 0 Å². The van der Waals surface area contributed by atoms with Crippen LogP contribution in [0.25, 0.3) is 0 Å². The van der Waals surface area contributed by atoms with Crippen molar-refractivity contribution in [1.29, 1.82) is 0 Å². The third-order valence-electron chi connectivity index (χ3n) is 2.97. The van der Waals surface area contributed by atoms with Crippen molar-refractivity contribution in [2.24, 2.45) is 0 Å². The number of nitrogens with zero attached hydrogens (tertiary/aromatic N) is 2. The van der Waals surface area contributed by atoms with E-state index in [1.807, 2.05) is 7.05 Å². The molecule has 1 N–H and O–H groups in total. The average molecular weight is 297 g/mol. The molecule has 21 heavy (non-hydrogen) atoms. The first kappa shape index (κ1) is 17.2. The third-order valence-corrected chi connectivity index (χ3v) is 2.97. The van der Waals surface area contributed by atoms with E-state index in [1.165, 1.54) is 0 Å². The second kappa shape index (κ2) is 9.15. The van der Waals surface area contributed by atoms with Crippen LogP contribution in [-0.4, -0.2) is 56.8 Å². The standard InChI is InChI=1S/C14H23N3O4/c1-4-21-13-7-5-6-12(14(13)17(18)19)15-8-9-16(2)10-11-20-3/h5-7,15H,4,8-11H2,1-3H3. The summed E-state index contributed by atoms with van der Waals surface area (Å²) in [6, 6.07) is 5.04. The van der Waals surface area contributed by atoms with E-state index in [0.29, 0.717) is 31.2 Å². The molecular weight excluding hydrogens is 274 g/mol. The molecule has 0 radical (unpaired) electrons. The Morgan fingerprint density at radius 2 is 2.14 bits per heavy atom. The van der Waals surface area contributed by atoms with Gasteiger partial charge in [0.15, 0.2) is 5.75 Å². The van der Waals surface area contributed by atoms with Crippen LogP contribution in [-0.2, 0) is 4.74 Å². The van der Waals surface area contributed by atoms with Gasteiger partial charge in [-0.2, -0.15) is 0 Å². The van der Waals surface area contributed by atoms with Crippen molar-refractivity contribution >= 4 is 11.4 Å². The second-order valence-corrected chi connectivity index (χ2v) is 4.57. The number of likely N-dealkylation sites (N-methyl/N-ethyl adjacent to an activating group) is 1. The predicted octanol–water partition coefficient (Wildman–Crippen LogP) is 1.98. The Kier molecular flexibility index (Phi) is 7.49. The number of nitrogens with one attached hydrogen (secondary N) is 1. The molecule has 0 spiro atoms. The van der Waals surface area contributed by atoms with Crippen LogP contribution in [0, 0.1) is 10.1 Å². The quantitative estimate of drug-likeness (QED) is 0.525. The highest BCUT2D eigenvalue weighted by Crippen LogP contribution is 2.34. The van der Waals surface area contributed by atoms with E-state index in [9.17, 15) is 10.1 Å². The number of anilines is 1. The van der Waals surface area contributed by atoms with Crippen molar-refractivity contribution in [3.05, 3.63) is 28.3 Å². The van der Waals surface area contributed by atoms with Crippen molar-refractivity contribution in [3.8, 4) is 5.75 Å². The van der Waals surface area contributed by atoms with Gasteiger partial charge in [-0.15, -0.1) is 0 Å². The van der Waals surface area contributed by atoms with Crippen molar-refractivity contribution in [1.82, 2.24) is 4.90 Å². The van der Waals surface area contributed by atoms with Gasteiger partial charge in [-0.25, -0.2) is 0 Å². The largest absolute Gasteiger partial charge is 0.487 e. The summed E-state index contributed by atoms with van der Waals surface area (Å²) in [4.78, 5) is 12.9. The number of rotatable bonds is 10. The molecule has 7 nitrogen and oxygen atoms in total. The number of benzene rings is 1. The van der Waals surface area contributed by atoms with Crippen molar-refractivity contribution in [2.45, 2.75) is 6.92 Å². The monoisotopic (exact) mass is 297 g/mol. The van der Waals surface area contributed by atoms with Crippen LogP contribution in [0.1, 0.15) is 6.92 Å². The molecule has 1 rings (SSSR count). The maximum atomic E-state index is 11.2. The van der Waals surface area contributed by atoms with Crippen LogP contribution < -0.4 is 10.1 Å². The summed E-state index contributed by atoms with van der Waals surface area (Å²) in [6.45, 7) is 5.05. The molecule has 0 aromatic heterocycles. The van der Waals surface area contributed by atoms with E-state index in [4.69, 9.17) is 9.47 Å². The topological polar surface area (TPSA) is 76.9 Å². The van der Waals surface area contributed by atoms with Gasteiger partial charge in [0.05, 0.1) is 18.1 Å². The number of nitro groups is 1. The molecule has 0 amide bonds. The maximum absolute atomic E-state index is 11.2. The van der Waals surface area contributed by atoms with Crippen LogP contribution in [0.15, 0.2) is 18.2 Å². The molecule has 1 aromatic carbocycles. The highest BCUT2D eigenvalue weighted by molar-refractivity contribution is 5.68. The molecule has 0 aliphatic carbocycles. The SMILES string of the molecule is CCOc1cccc(NCCN(C)CCOC)c1[N+](=O)[O-]. The van der Waals surface area contributed by atoms with Crippen LogP contribution in [0.4, 0.5) is 11.4 Å². The second-order valence-electron chi connectivity index (χ2n) is 4.57. The fourth-order valence-electron chi connectivity index (χ4n) is 1.87. The van der Waals surface area contributed by atoms with E-state index in [1.54, 1.807) is 32.2 Å². The molecule has 118 valence electrons. The predicted molar refractivity (Wildman–Crippen MR) is 82.1 cm³/mol. The molecule has 0 saturated carbocycles. The Morgan fingerprint density at radius 3 is 2.76 bits per heavy atom. The fourth-order valence-corrected chi connectivity index (χ4v) is 1.87. The number of hydrogen-bond acceptors (Lipinski definition) is 6. The van der Waals surface area contributed by atoms with Gasteiger partial charge in [0.2, 0.25) is 0 Å². The Bertz CT molecular complexity index is 454. The number of ether oxygens (including phenoxy) is 2. The molecule has 0 atom stereocenters. The molecule has 7 heteroatoms. The van der Waals surface area contributed by atoms with E-state index < -0.39 is 4.92 Å². The summed E-state index contributed by atoms with van der Waals surface area (Å²) in [7, 11) is 3.64. The van der Waals surface area contributed by atoms with E-state index in [-0.39, 0.29) is 5.69 Å². The number of nitro benzene ring substituents is 1. The minimum atomic E-state index is -0.415. The lowest BCUT2D eigenvalue weighted by atomic mass is 10.2. The molecule has 1 aromatic rings. The first-order valence-electron chi connectivity index (χ1n) is 6.91. The molecule has 0 aliphatic heterocycles. The highest BCUT2D eigenvalue weighted by Gasteiger charge is 2.20. The molecule has 0 unspecified atom stereocenters. The summed E-state index contributed by atoms with van der Waals surface area (Å²) < 4.78 is 10.3. The first-order valence-corrected chi connectivity index (χ1v) is 6.91. The van der Waals surface area contributed by atoms with Crippen molar-refractivity contribution < 1.29 is 14.4 Å². The Hall–Kier alpha value is -1.86. The Labute approximate surface area is 125 Å². The molecule has 0 heterocycles. The summed E-state index contributed by atoms with van der Waals surface area (Å²) >= 11 is 0. The Morgan fingerprint density at radius 1 is 1.38 bits per heavy atom. The van der Waals surface area contributed by atoms with E-state index in [0.717, 1.165) is 13.1 Å². The van der Waals surface area contributed by atoms with Gasteiger partial charge in [0.25, 0.3) is 0 Å². The van der Waals surface area contributed by atoms with Gasteiger partial charge < -0.3 is 19.7 Å². The minimum Gasteiger partial charge on any atom is -0.487 e. The zero-order valence-electron chi connectivity index (χ0n) is 12.8. The number of para-hydroxylation sites is 1. The minimum absolute atomic E-state index is 0.0149. The van der Waals surface area contributed by atoms with Crippen LogP contribution in [0.5, 0.6) is 5.75 Å². The summed E-state index contributed by atoms with van der Waals surface area (Å²) in [6.07, 6.45) is 0. The molecule has 0 fully saturated rings. The number of hydrogen-bond donors (Lipinski definition) is 1. The molecule has 0 aliphatic rings. The van der Waals surface area contributed by atoms with E-state index in [2.05, 4.69) is 10.2 Å². The third kappa shape index (κ3) is 5.57. The van der Waals surface area contributed by atoms with Crippen molar-refractivity contribution in [3.63, 3.8) is 0 Å². The zero-order valence-corrected chi connectivity index (χ0v) is 12.8. The fraction of sp³-hybridized carbons (Fsp3) is 0.571.